The lowest BCUT2D eigenvalue weighted by atomic mass is 9.98. The van der Waals surface area contributed by atoms with Gasteiger partial charge in [-0.1, -0.05) is 11.8 Å². The van der Waals surface area contributed by atoms with Crippen molar-refractivity contribution in [3.63, 3.8) is 0 Å². The third-order valence-corrected chi connectivity index (χ3v) is 3.73. The van der Waals surface area contributed by atoms with Crippen LogP contribution in [-0.2, 0) is 0 Å². The van der Waals surface area contributed by atoms with Crippen molar-refractivity contribution in [1.29, 1.82) is 0 Å². The van der Waals surface area contributed by atoms with Crippen LogP contribution in [0.15, 0.2) is 24.3 Å². The summed E-state index contributed by atoms with van der Waals surface area (Å²) >= 11 is 0. The molecule has 0 saturated carbocycles. The normalized spacial score (nSPS) is 18.7. The van der Waals surface area contributed by atoms with Crippen molar-refractivity contribution in [1.82, 2.24) is 10.2 Å². The molecule has 1 heterocycles. The molecule has 1 saturated heterocycles. The van der Waals surface area contributed by atoms with Crippen LogP contribution in [-0.4, -0.2) is 49.2 Å². The van der Waals surface area contributed by atoms with Gasteiger partial charge in [-0.05, 0) is 56.6 Å². The first-order valence-electron chi connectivity index (χ1n) is 7.35. The van der Waals surface area contributed by atoms with Crippen LogP contribution in [0.2, 0.25) is 0 Å². The molecule has 112 valence electrons. The Morgan fingerprint density at radius 3 is 2.86 bits per heavy atom. The van der Waals surface area contributed by atoms with Crippen LogP contribution in [0.3, 0.4) is 0 Å². The maximum Gasteiger partial charge on any atom is 0.251 e. The van der Waals surface area contributed by atoms with Crippen molar-refractivity contribution in [2.24, 2.45) is 5.92 Å². The highest BCUT2D eigenvalue weighted by Crippen LogP contribution is 2.14. The lowest BCUT2D eigenvalue weighted by molar-refractivity contribution is 0.0937. The smallest absolute Gasteiger partial charge is 0.251 e. The van der Waals surface area contributed by atoms with Gasteiger partial charge in [0.25, 0.3) is 5.91 Å². The van der Waals surface area contributed by atoms with E-state index in [2.05, 4.69) is 29.1 Å². The second-order valence-electron chi connectivity index (χ2n) is 5.52. The third-order valence-electron chi connectivity index (χ3n) is 3.73. The number of nitrogens with zero attached hydrogens (tertiary/aromatic N) is 1. The number of carbonyl (C=O) groups is 1. The summed E-state index contributed by atoms with van der Waals surface area (Å²) in [6, 6.07) is 7.13. The Morgan fingerprint density at radius 2 is 2.19 bits per heavy atom. The highest BCUT2D eigenvalue weighted by Gasteiger charge is 2.17. The maximum absolute atomic E-state index is 12.1. The van der Waals surface area contributed by atoms with E-state index in [1.54, 1.807) is 24.3 Å². The van der Waals surface area contributed by atoms with Gasteiger partial charge < -0.3 is 15.3 Å². The molecule has 2 rings (SSSR count). The number of benzene rings is 1. The second kappa shape index (κ2) is 7.82. The molecule has 1 atom stereocenters. The van der Waals surface area contributed by atoms with E-state index in [9.17, 15) is 4.79 Å². The van der Waals surface area contributed by atoms with Gasteiger partial charge >= 0.3 is 0 Å². The first-order valence-corrected chi connectivity index (χ1v) is 7.35. The number of rotatable bonds is 3. The van der Waals surface area contributed by atoms with E-state index in [4.69, 9.17) is 5.11 Å². The van der Waals surface area contributed by atoms with Crippen molar-refractivity contribution in [3.8, 4) is 11.8 Å². The number of carbonyl (C=O) groups excluding carboxylic acids is 1. The molecule has 0 aromatic heterocycles. The zero-order valence-corrected chi connectivity index (χ0v) is 12.4. The largest absolute Gasteiger partial charge is 0.384 e. The average Bonchev–Trinajstić information content (AvgIpc) is 2.51. The van der Waals surface area contributed by atoms with Gasteiger partial charge in [-0.15, -0.1) is 0 Å². The molecule has 21 heavy (non-hydrogen) atoms. The number of hydrogen-bond acceptors (Lipinski definition) is 3. The predicted octanol–water partition coefficient (Wildman–Crippen LogP) is 1.10. The van der Waals surface area contributed by atoms with Crippen molar-refractivity contribution >= 4 is 5.91 Å². The lowest BCUT2D eigenvalue weighted by Gasteiger charge is -2.29. The third kappa shape index (κ3) is 4.89. The highest BCUT2D eigenvalue weighted by atomic mass is 16.2. The van der Waals surface area contributed by atoms with Gasteiger partial charge in [-0.25, -0.2) is 0 Å². The van der Waals surface area contributed by atoms with E-state index in [0.29, 0.717) is 11.5 Å². The highest BCUT2D eigenvalue weighted by molar-refractivity contribution is 5.94. The van der Waals surface area contributed by atoms with Crippen LogP contribution in [0.5, 0.6) is 0 Å². The van der Waals surface area contributed by atoms with Crippen LogP contribution in [0.4, 0.5) is 0 Å². The summed E-state index contributed by atoms with van der Waals surface area (Å²) in [5, 5.41) is 11.7. The standard InChI is InChI=1S/C17H22N2O2/c1-19-10-2-4-15(13-19)12-18-17(21)16-8-6-14(7-9-16)5-3-11-20/h6-9,15,20H,2,4,10-13H2,1H3,(H,18,21). The van der Waals surface area contributed by atoms with Gasteiger partial charge in [0.2, 0.25) is 0 Å². The number of aliphatic hydroxyl groups is 1. The van der Waals surface area contributed by atoms with E-state index in [1.807, 2.05) is 0 Å². The lowest BCUT2D eigenvalue weighted by Crippen LogP contribution is -2.39. The summed E-state index contributed by atoms with van der Waals surface area (Å²) in [5.41, 5.74) is 1.45. The number of hydrogen-bond donors (Lipinski definition) is 2. The minimum absolute atomic E-state index is 0.0371. The summed E-state index contributed by atoms with van der Waals surface area (Å²) in [7, 11) is 2.13. The molecule has 1 fully saturated rings. The quantitative estimate of drug-likeness (QED) is 0.818. The monoisotopic (exact) mass is 286 g/mol. The van der Waals surface area contributed by atoms with Gasteiger partial charge in [0.15, 0.2) is 0 Å². The Labute approximate surface area is 126 Å². The van der Waals surface area contributed by atoms with Crippen LogP contribution in [0.1, 0.15) is 28.8 Å². The topological polar surface area (TPSA) is 52.6 Å². The number of aliphatic hydroxyl groups excluding tert-OH is 1. The van der Waals surface area contributed by atoms with Crippen LogP contribution in [0.25, 0.3) is 0 Å². The molecule has 4 heteroatoms. The maximum atomic E-state index is 12.1. The van der Waals surface area contributed by atoms with E-state index < -0.39 is 0 Å². The molecule has 1 unspecified atom stereocenters. The second-order valence-corrected chi connectivity index (χ2v) is 5.52. The van der Waals surface area contributed by atoms with Gasteiger partial charge in [-0.3, -0.25) is 4.79 Å². The van der Waals surface area contributed by atoms with Gasteiger partial charge in [0.1, 0.15) is 6.61 Å². The molecule has 0 radical (unpaired) electrons. The van der Waals surface area contributed by atoms with Crippen LogP contribution in [0, 0.1) is 17.8 Å². The summed E-state index contributed by atoms with van der Waals surface area (Å²) in [6.45, 7) is 2.78. The first-order chi connectivity index (χ1) is 10.2. The molecule has 1 aromatic rings. The van der Waals surface area contributed by atoms with Crippen molar-refractivity contribution in [3.05, 3.63) is 35.4 Å². The van der Waals surface area contributed by atoms with Gasteiger partial charge in [0, 0.05) is 24.2 Å². The Morgan fingerprint density at radius 1 is 1.43 bits per heavy atom. The molecule has 0 aliphatic carbocycles. The number of nitrogens with one attached hydrogen (secondary N) is 1. The van der Waals surface area contributed by atoms with E-state index >= 15 is 0 Å². The molecular weight excluding hydrogens is 264 g/mol. The fraction of sp³-hybridized carbons (Fsp3) is 0.471. The predicted molar refractivity (Wildman–Crippen MR) is 83.0 cm³/mol. The van der Waals surface area contributed by atoms with Crippen molar-refractivity contribution < 1.29 is 9.90 Å². The van der Waals surface area contributed by atoms with Crippen molar-refractivity contribution in [2.75, 3.05) is 33.3 Å². The molecular formula is C17H22N2O2. The SMILES string of the molecule is CN1CCCC(CNC(=O)c2ccc(C#CCO)cc2)C1. The Kier molecular flexibility index (Phi) is 5.79. The van der Waals surface area contributed by atoms with E-state index in [0.717, 1.165) is 25.2 Å². The summed E-state index contributed by atoms with van der Waals surface area (Å²) in [5.74, 6) is 5.90. The minimum atomic E-state index is -0.155. The van der Waals surface area contributed by atoms with Crippen LogP contribution >= 0.6 is 0 Å². The summed E-state index contributed by atoms with van der Waals surface area (Å²) in [4.78, 5) is 14.4. The molecule has 1 aliphatic rings. The molecule has 4 nitrogen and oxygen atoms in total. The number of likely N-dealkylation sites (tertiary alicyclic amines) is 1. The first kappa shape index (κ1) is 15.6. The molecule has 1 amide bonds. The fourth-order valence-electron chi connectivity index (χ4n) is 2.63. The zero-order valence-electron chi connectivity index (χ0n) is 12.4. The molecule has 0 bridgehead atoms. The van der Waals surface area contributed by atoms with Crippen LogP contribution < -0.4 is 5.32 Å². The zero-order chi connectivity index (χ0) is 15.1. The van der Waals surface area contributed by atoms with Crippen molar-refractivity contribution in [2.45, 2.75) is 12.8 Å². The number of amides is 1. The fourth-order valence-corrected chi connectivity index (χ4v) is 2.63. The molecule has 1 aromatic carbocycles. The average molecular weight is 286 g/mol. The summed E-state index contributed by atoms with van der Waals surface area (Å²) < 4.78 is 0. The number of piperidine rings is 1. The minimum Gasteiger partial charge on any atom is -0.384 e. The Bertz CT molecular complexity index is 528. The molecule has 1 aliphatic heterocycles. The van der Waals surface area contributed by atoms with E-state index in [-0.39, 0.29) is 12.5 Å². The molecule has 0 spiro atoms. The Balaban J connectivity index is 1.85. The van der Waals surface area contributed by atoms with Gasteiger partial charge in [-0.2, -0.15) is 0 Å². The Hall–Kier alpha value is -1.83. The van der Waals surface area contributed by atoms with Gasteiger partial charge in [0.05, 0.1) is 0 Å². The van der Waals surface area contributed by atoms with E-state index in [1.165, 1.54) is 12.8 Å². The molecule has 2 N–H and O–H groups in total. The summed E-state index contributed by atoms with van der Waals surface area (Å²) in [6.07, 6.45) is 2.38.